The summed E-state index contributed by atoms with van der Waals surface area (Å²) in [7, 11) is 0. The van der Waals surface area contributed by atoms with Gasteiger partial charge < -0.3 is 20.5 Å². The Morgan fingerprint density at radius 3 is 2.76 bits per heavy atom. The molecule has 1 aromatic carbocycles. The molecule has 0 aliphatic carbocycles. The number of H-pyrrole nitrogens is 1. The summed E-state index contributed by atoms with van der Waals surface area (Å²) in [6.45, 7) is 1.30. The number of hydrogen-bond acceptors (Lipinski definition) is 6. The van der Waals surface area contributed by atoms with Crippen LogP contribution in [0.3, 0.4) is 0 Å². The number of aromatic nitrogens is 2. The first-order valence-electron chi connectivity index (χ1n) is 8.25. The maximum Gasteiger partial charge on any atom is 0.433 e. The Morgan fingerprint density at radius 2 is 2.10 bits per heavy atom. The van der Waals surface area contributed by atoms with Crippen LogP contribution in [0.5, 0.6) is 5.88 Å². The summed E-state index contributed by atoms with van der Waals surface area (Å²) < 4.78 is 65.2. The van der Waals surface area contributed by atoms with E-state index >= 15 is 0 Å². The molecule has 0 saturated heterocycles. The van der Waals surface area contributed by atoms with E-state index in [4.69, 9.17) is 15.2 Å². The zero-order chi connectivity index (χ0) is 21.1. The van der Waals surface area contributed by atoms with Crippen LogP contribution in [-0.2, 0) is 25.9 Å². The second-order valence-electron chi connectivity index (χ2n) is 6.23. The van der Waals surface area contributed by atoms with Gasteiger partial charge in [-0.1, -0.05) is 0 Å². The molecular formula is C17H12F4N4O4. The van der Waals surface area contributed by atoms with Crippen molar-refractivity contribution in [1.29, 1.82) is 0 Å². The van der Waals surface area contributed by atoms with Crippen LogP contribution < -0.4 is 15.8 Å². The molecule has 12 heteroatoms. The van der Waals surface area contributed by atoms with Crippen LogP contribution in [0, 0.1) is 5.82 Å². The molecular weight excluding hydrogens is 400 g/mol. The normalized spacial score (nSPS) is 20.2. The van der Waals surface area contributed by atoms with Crippen LogP contribution >= 0.6 is 0 Å². The molecule has 1 unspecified atom stereocenters. The van der Waals surface area contributed by atoms with E-state index in [1.807, 2.05) is 0 Å². The van der Waals surface area contributed by atoms with Crippen LogP contribution in [0.1, 0.15) is 23.7 Å². The predicted octanol–water partition coefficient (Wildman–Crippen LogP) is 1.93. The van der Waals surface area contributed by atoms with E-state index in [2.05, 4.69) is 10.4 Å². The predicted molar refractivity (Wildman–Crippen MR) is 87.9 cm³/mol. The first kappa shape index (κ1) is 18.8. The lowest BCUT2D eigenvalue weighted by Crippen LogP contribution is -2.46. The third kappa shape index (κ3) is 2.41. The molecule has 8 nitrogen and oxygen atoms in total. The molecule has 4 rings (SSSR count). The molecule has 2 aliphatic rings. The van der Waals surface area contributed by atoms with Crippen LogP contribution in [-0.4, -0.2) is 28.7 Å². The lowest BCUT2D eigenvalue weighted by Gasteiger charge is -2.33. The fourth-order valence-electron chi connectivity index (χ4n) is 3.64. The third-order valence-corrected chi connectivity index (χ3v) is 4.67. The van der Waals surface area contributed by atoms with E-state index in [9.17, 15) is 27.2 Å². The van der Waals surface area contributed by atoms with E-state index in [1.165, 1.54) is 13.0 Å². The monoisotopic (exact) mass is 412 g/mol. The highest BCUT2D eigenvalue weighted by molar-refractivity contribution is 6.17. The van der Waals surface area contributed by atoms with Gasteiger partial charge in [-0.2, -0.15) is 13.2 Å². The van der Waals surface area contributed by atoms with Gasteiger partial charge in [-0.15, -0.1) is 5.10 Å². The number of nitrogens with one attached hydrogen (secondary N) is 2. The Kier molecular flexibility index (Phi) is 3.86. The molecule has 1 atom stereocenters. The van der Waals surface area contributed by atoms with Crippen molar-refractivity contribution in [1.82, 2.24) is 10.2 Å². The minimum absolute atomic E-state index is 0.00757. The minimum atomic E-state index is -5.00. The zero-order valence-electron chi connectivity index (χ0n) is 14.6. The van der Waals surface area contributed by atoms with Gasteiger partial charge in [0.2, 0.25) is 17.7 Å². The van der Waals surface area contributed by atoms with Crippen molar-refractivity contribution >= 4 is 17.6 Å². The number of carbonyl (C=O) groups excluding carboxylic acids is 2. The Labute approximate surface area is 159 Å². The van der Waals surface area contributed by atoms with Gasteiger partial charge in [0, 0.05) is 11.3 Å². The lowest BCUT2D eigenvalue weighted by molar-refractivity contribution is -0.144. The van der Waals surface area contributed by atoms with Crippen LogP contribution in [0.4, 0.5) is 23.2 Å². The van der Waals surface area contributed by atoms with Gasteiger partial charge in [0.1, 0.15) is 22.5 Å². The van der Waals surface area contributed by atoms with Gasteiger partial charge in [-0.25, -0.2) is 9.18 Å². The van der Waals surface area contributed by atoms with Crippen molar-refractivity contribution in [3.8, 4) is 5.88 Å². The summed E-state index contributed by atoms with van der Waals surface area (Å²) in [5.41, 5.74) is 0.160. The largest absolute Gasteiger partial charge is 0.462 e. The molecule has 1 aromatic heterocycles. The van der Waals surface area contributed by atoms with E-state index in [0.29, 0.717) is 0 Å². The average Bonchev–Trinajstić information content (AvgIpc) is 3.16. The van der Waals surface area contributed by atoms with Crippen LogP contribution in [0.25, 0.3) is 0 Å². The number of anilines is 1. The number of benzene rings is 1. The molecule has 3 heterocycles. The second-order valence-corrected chi connectivity index (χ2v) is 6.23. The summed E-state index contributed by atoms with van der Waals surface area (Å²) >= 11 is 0. The van der Waals surface area contributed by atoms with E-state index < -0.39 is 57.9 Å². The summed E-state index contributed by atoms with van der Waals surface area (Å²) in [5, 5.41) is 7.61. The van der Waals surface area contributed by atoms with Gasteiger partial charge in [0.15, 0.2) is 0 Å². The number of fused-ring (bicyclic) bond motifs is 4. The third-order valence-electron chi connectivity index (χ3n) is 4.67. The number of halogens is 4. The van der Waals surface area contributed by atoms with Gasteiger partial charge in [0.25, 0.3) is 0 Å². The highest BCUT2D eigenvalue weighted by Gasteiger charge is 2.63. The Hall–Kier alpha value is -3.57. The van der Waals surface area contributed by atoms with Crippen molar-refractivity contribution < 1.29 is 36.6 Å². The number of aromatic amines is 1. The molecule has 0 bridgehead atoms. The average molecular weight is 412 g/mol. The SMILES string of the molecule is CCOC(=O)C1=C(N)Oc2n[nH]c(C(F)(F)F)c2C12C(=O)Nc1ccc(F)cc12. The lowest BCUT2D eigenvalue weighted by atomic mass is 9.68. The maximum absolute atomic E-state index is 14.1. The number of hydrogen-bond donors (Lipinski definition) is 3. The molecule has 2 aromatic rings. The van der Waals surface area contributed by atoms with Crippen LogP contribution in [0.2, 0.25) is 0 Å². The van der Waals surface area contributed by atoms with Crippen molar-refractivity contribution in [3.63, 3.8) is 0 Å². The Bertz CT molecular complexity index is 1090. The number of amides is 1. The van der Waals surface area contributed by atoms with Gasteiger partial charge >= 0.3 is 12.1 Å². The van der Waals surface area contributed by atoms with E-state index in [-0.39, 0.29) is 17.9 Å². The summed E-state index contributed by atoms with van der Waals surface area (Å²) in [5.74, 6) is -4.41. The number of carbonyl (C=O) groups is 2. The number of rotatable bonds is 2. The number of ether oxygens (including phenoxy) is 2. The fraction of sp³-hybridized carbons (Fsp3) is 0.235. The molecule has 4 N–H and O–H groups in total. The molecule has 29 heavy (non-hydrogen) atoms. The van der Waals surface area contributed by atoms with Gasteiger partial charge in [-0.05, 0) is 25.1 Å². The Morgan fingerprint density at radius 1 is 1.38 bits per heavy atom. The van der Waals surface area contributed by atoms with E-state index in [0.717, 1.165) is 12.1 Å². The second kappa shape index (κ2) is 5.96. The number of alkyl halides is 3. The fourth-order valence-corrected chi connectivity index (χ4v) is 3.64. The number of nitrogens with two attached hydrogens (primary N) is 1. The molecule has 152 valence electrons. The van der Waals surface area contributed by atoms with Crippen molar-refractivity contribution in [2.45, 2.75) is 18.5 Å². The zero-order valence-corrected chi connectivity index (χ0v) is 14.6. The highest BCUT2D eigenvalue weighted by atomic mass is 19.4. The van der Waals surface area contributed by atoms with Gasteiger partial charge in [-0.3, -0.25) is 9.89 Å². The van der Waals surface area contributed by atoms with Crippen molar-refractivity contribution in [3.05, 3.63) is 52.3 Å². The molecule has 1 spiro atoms. The highest BCUT2D eigenvalue weighted by Crippen LogP contribution is 2.56. The standard InChI is InChI=1S/C17H12F4N4O4/c1-2-28-14(26)10-12(22)29-13-9(11(24-25-13)17(19,20)21)16(10)7-5-6(18)3-4-8(7)23-15(16)27/h3-5H,2,22H2,1H3,(H,23,27)(H,24,25). The smallest absolute Gasteiger partial charge is 0.433 e. The molecule has 0 radical (unpaired) electrons. The number of nitrogens with zero attached hydrogens (tertiary/aromatic N) is 1. The summed E-state index contributed by atoms with van der Waals surface area (Å²) in [4.78, 5) is 25.8. The van der Waals surface area contributed by atoms with Crippen LogP contribution in [0.15, 0.2) is 29.7 Å². The van der Waals surface area contributed by atoms with Gasteiger partial charge in [0.05, 0.1) is 12.2 Å². The van der Waals surface area contributed by atoms with E-state index in [1.54, 1.807) is 5.10 Å². The first-order chi connectivity index (χ1) is 13.6. The first-order valence-corrected chi connectivity index (χ1v) is 8.25. The molecule has 0 fully saturated rings. The maximum atomic E-state index is 14.1. The summed E-state index contributed by atoms with van der Waals surface area (Å²) in [6, 6.07) is 3.02. The number of esters is 1. The van der Waals surface area contributed by atoms with Crippen molar-refractivity contribution in [2.75, 3.05) is 11.9 Å². The molecule has 2 aliphatic heterocycles. The topological polar surface area (TPSA) is 119 Å². The molecule has 0 saturated carbocycles. The quantitative estimate of drug-likeness (QED) is 0.512. The van der Waals surface area contributed by atoms with Crippen molar-refractivity contribution in [2.24, 2.45) is 5.73 Å². The summed E-state index contributed by atoms with van der Waals surface area (Å²) in [6.07, 6.45) is -5.00. The minimum Gasteiger partial charge on any atom is -0.462 e. The molecule has 1 amide bonds. The Balaban J connectivity index is 2.15.